The van der Waals surface area contributed by atoms with Gasteiger partial charge in [0.05, 0.1) is 19.1 Å². The van der Waals surface area contributed by atoms with Gasteiger partial charge in [-0.25, -0.2) is 5.01 Å². The third kappa shape index (κ3) is 2.32. The Kier molecular flexibility index (Phi) is 3.96. The van der Waals surface area contributed by atoms with Crippen molar-refractivity contribution >= 4 is 11.9 Å². The smallest absolute Gasteiger partial charge is 0.312 e. The van der Waals surface area contributed by atoms with Crippen LogP contribution < -0.4 is 0 Å². The average molecular weight is 280 g/mol. The highest BCUT2D eigenvalue weighted by Crippen LogP contribution is 2.40. The standard InChI is InChI=1S/C15H24N2O3/c1-2-20-15(19)12-10-17-13(18)8-9-16(17)14(12)11-6-4-3-5-7-11/h11-12,14H,2-10H2,1H3/t12?,14-/m1/s1. The molecule has 5 nitrogen and oxygen atoms in total. The van der Waals surface area contributed by atoms with Gasteiger partial charge in [0, 0.05) is 19.0 Å². The van der Waals surface area contributed by atoms with Gasteiger partial charge in [-0.05, 0) is 25.7 Å². The Morgan fingerprint density at radius 1 is 1.30 bits per heavy atom. The molecule has 0 N–H and O–H groups in total. The lowest BCUT2D eigenvalue weighted by atomic mass is 9.79. The number of amides is 1. The van der Waals surface area contributed by atoms with Crippen molar-refractivity contribution < 1.29 is 14.3 Å². The molecule has 2 atom stereocenters. The summed E-state index contributed by atoms with van der Waals surface area (Å²) in [6, 6.07) is 0.181. The molecule has 1 amide bonds. The zero-order valence-corrected chi connectivity index (χ0v) is 12.2. The summed E-state index contributed by atoms with van der Waals surface area (Å²) in [7, 11) is 0. The third-order valence-corrected chi connectivity index (χ3v) is 5.00. The number of rotatable bonds is 3. The van der Waals surface area contributed by atoms with Gasteiger partial charge in [0.15, 0.2) is 0 Å². The monoisotopic (exact) mass is 280 g/mol. The van der Waals surface area contributed by atoms with E-state index in [0.29, 0.717) is 25.5 Å². The predicted octanol–water partition coefficient (Wildman–Crippen LogP) is 1.58. The van der Waals surface area contributed by atoms with E-state index in [9.17, 15) is 9.59 Å². The summed E-state index contributed by atoms with van der Waals surface area (Å²) in [6.07, 6.45) is 6.75. The molecule has 3 aliphatic rings. The van der Waals surface area contributed by atoms with Crippen molar-refractivity contribution in [1.82, 2.24) is 10.0 Å². The van der Waals surface area contributed by atoms with Gasteiger partial charge in [-0.15, -0.1) is 0 Å². The number of hydrazine groups is 1. The highest BCUT2D eigenvalue weighted by Gasteiger charge is 2.51. The molecule has 2 heterocycles. The number of esters is 1. The van der Waals surface area contributed by atoms with Crippen LogP contribution in [0.5, 0.6) is 0 Å². The Morgan fingerprint density at radius 2 is 2.05 bits per heavy atom. The van der Waals surface area contributed by atoms with Crippen LogP contribution in [0.15, 0.2) is 0 Å². The SMILES string of the molecule is CCOC(=O)C1CN2C(=O)CCN2[C@@H]1C1CCCCC1. The number of fused-ring (bicyclic) bond motifs is 1. The summed E-state index contributed by atoms with van der Waals surface area (Å²) >= 11 is 0. The lowest BCUT2D eigenvalue weighted by molar-refractivity contribution is -0.149. The molecule has 0 aromatic heterocycles. The Labute approximate surface area is 120 Å². The van der Waals surface area contributed by atoms with Crippen molar-refractivity contribution in [3.05, 3.63) is 0 Å². The molecular formula is C15H24N2O3. The second-order valence-electron chi connectivity index (χ2n) is 6.14. The Morgan fingerprint density at radius 3 is 2.75 bits per heavy atom. The van der Waals surface area contributed by atoms with Crippen LogP contribution in [0, 0.1) is 11.8 Å². The Bertz CT molecular complexity index is 393. The van der Waals surface area contributed by atoms with Crippen molar-refractivity contribution in [1.29, 1.82) is 0 Å². The zero-order valence-electron chi connectivity index (χ0n) is 12.2. The topological polar surface area (TPSA) is 49.9 Å². The molecule has 2 aliphatic heterocycles. The van der Waals surface area contributed by atoms with Gasteiger partial charge in [-0.1, -0.05) is 19.3 Å². The van der Waals surface area contributed by atoms with E-state index in [0.717, 1.165) is 6.54 Å². The first kappa shape index (κ1) is 13.9. The van der Waals surface area contributed by atoms with Crippen LogP contribution >= 0.6 is 0 Å². The van der Waals surface area contributed by atoms with E-state index in [-0.39, 0.29) is 23.8 Å². The van der Waals surface area contributed by atoms with Crippen molar-refractivity contribution in [3.63, 3.8) is 0 Å². The molecule has 20 heavy (non-hydrogen) atoms. The van der Waals surface area contributed by atoms with Crippen LogP contribution in [0.3, 0.4) is 0 Å². The molecule has 3 rings (SSSR count). The minimum absolute atomic E-state index is 0.120. The maximum absolute atomic E-state index is 12.2. The van der Waals surface area contributed by atoms with Crippen LogP contribution in [0.4, 0.5) is 0 Å². The molecule has 2 saturated heterocycles. The molecule has 5 heteroatoms. The number of nitrogens with zero attached hydrogens (tertiary/aromatic N) is 2. The molecule has 112 valence electrons. The van der Waals surface area contributed by atoms with E-state index in [1.54, 1.807) is 5.01 Å². The maximum Gasteiger partial charge on any atom is 0.312 e. The van der Waals surface area contributed by atoms with Gasteiger partial charge in [0.1, 0.15) is 0 Å². The molecule has 0 aromatic rings. The van der Waals surface area contributed by atoms with E-state index in [2.05, 4.69) is 5.01 Å². The van der Waals surface area contributed by atoms with E-state index < -0.39 is 0 Å². The van der Waals surface area contributed by atoms with Crippen LogP contribution in [0.1, 0.15) is 45.4 Å². The third-order valence-electron chi connectivity index (χ3n) is 5.00. The van der Waals surface area contributed by atoms with E-state index >= 15 is 0 Å². The first-order chi connectivity index (χ1) is 9.72. The molecule has 1 unspecified atom stereocenters. The maximum atomic E-state index is 12.2. The highest BCUT2D eigenvalue weighted by atomic mass is 16.5. The molecular weight excluding hydrogens is 256 g/mol. The number of hydrogen-bond donors (Lipinski definition) is 0. The van der Waals surface area contributed by atoms with E-state index in [1.807, 2.05) is 6.92 Å². The summed E-state index contributed by atoms with van der Waals surface area (Å²) in [5, 5.41) is 3.97. The van der Waals surface area contributed by atoms with Crippen molar-refractivity contribution in [3.8, 4) is 0 Å². The largest absolute Gasteiger partial charge is 0.466 e. The van der Waals surface area contributed by atoms with Crippen molar-refractivity contribution in [2.45, 2.75) is 51.5 Å². The summed E-state index contributed by atoms with van der Waals surface area (Å²) in [5.41, 5.74) is 0. The summed E-state index contributed by atoms with van der Waals surface area (Å²) in [5.74, 6) is 0.430. The van der Waals surface area contributed by atoms with Crippen molar-refractivity contribution in [2.24, 2.45) is 11.8 Å². The molecule has 1 saturated carbocycles. The second-order valence-corrected chi connectivity index (χ2v) is 6.14. The summed E-state index contributed by atoms with van der Waals surface area (Å²) in [6.45, 7) is 3.56. The van der Waals surface area contributed by atoms with Gasteiger partial charge < -0.3 is 4.74 Å². The van der Waals surface area contributed by atoms with Gasteiger partial charge in [-0.3, -0.25) is 14.6 Å². The fourth-order valence-corrected chi connectivity index (χ4v) is 4.13. The quantitative estimate of drug-likeness (QED) is 0.736. The van der Waals surface area contributed by atoms with Gasteiger partial charge in [-0.2, -0.15) is 0 Å². The lowest BCUT2D eigenvalue weighted by Gasteiger charge is -2.35. The Hall–Kier alpha value is -1.10. The number of hydrogen-bond acceptors (Lipinski definition) is 4. The molecule has 0 spiro atoms. The normalized spacial score (nSPS) is 31.6. The molecule has 0 radical (unpaired) electrons. The predicted molar refractivity (Wildman–Crippen MR) is 73.5 cm³/mol. The van der Waals surface area contributed by atoms with E-state index in [4.69, 9.17) is 4.74 Å². The second kappa shape index (κ2) is 5.72. The first-order valence-corrected chi connectivity index (χ1v) is 7.96. The number of ether oxygens (including phenoxy) is 1. The van der Waals surface area contributed by atoms with Gasteiger partial charge in [0.2, 0.25) is 5.91 Å². The van der Waals surface area contributed by atoms with Crippen LogP contribution in [0.2, 0.25) is 0 Å². The molecule has 1 aliphatic carbocycles. The fourth-order valence-electron chi connectivity index (χ4n) is 4.13. The van der Waals surface area contributed by atoms with Crippen LogP contribution in [0.25, 0.3) is 0 Å². The number of carbonyl (C=O) groups excluding carboxylic acids is 2. The Balaban J connectivity index is 1.80. The summed E-state index contributed by atoms with van der Waals surface area (Å²) in [4.78, 5) is 24.2. The highest BCUT2D eigenvalue weighted by molar-refractivity contribution is 5.81. The van der Waals surface area contributed by atoms with E-state index in [1.165, 1.54) is 32.1 Å². The molecule has 0 bridgehead atoms. The first-order valence-electron chi connectivity index (χ1n) is 7.96. The average Bonchev–Trinajstić information content (AvgIpc) is 3.00. The molecule has 3 fully saturated rings. The zero-order chi connectivity index (χ0) is 14.1. The fraction of sp³-hybridized carbons (Fsp3) is 0.867. The van der Waals surface area contributed by atoms with Gasteiger partial charge >= 0.3 is 5.97 Å². The van der Waals surface area contributed by atoms with Crippen LogP contribution in [-0.2, 0) is 14.3 Å². The minimum Gasteiger partial charge on any atom is -0.466 e. The minimum atomic E-state index is -0.151. The number of carbonyl (C=O) groups is 2. The van der Waals surface area contributed by atoms with Gasteiger partial charge in [0.25, 0.3) is 0 Å². The molecule has 0 aromatic carbocycles. The van der Waals surface area contributed by atoms with Crippen LogP contribution in [-0.4, -0.2) is 47.6 Å². The lowest BCUT2D eigenvalue weighted by Crippen LogP contribution is -2.44. The summed E-state index contributed by atoms with van der Waals surface area (Å²) < 4.78 is 5.24. The van der Waals surface area contributed by atoms with Crippen molar-refractivity contribution in [2.75, 3.05) is 19.7 Å².